The first kappa shape index (κ1) is 24.6. The van der Waals surface area contributed by atoms with Crippen molar-refractivity contribution in [2.75, 3.05) is 39.8 Å². The van der Waals surface area contributed by atoms with Crippen LogP contribution in [0.4, 0.5) is 5.69 Å². The van der Waals surface area contributed by atoms with Crippen molar-refractivity contribution in [2.24, 2.45) is 0 Å². The summed E-state index contributed by atoms with van der Waals surface area (Å²) in [6.07, 6.45) is 0. The quantitative estimate of drug-likeness (QED) is 0.496. The van der Waals surface area contributed by atoms with E-state index in [1.807, 2.05) is 0 Å². The number of ether oxygens (including phenoxy) is 5. The number of aryl methyl sites for hydroxylation is 1. The normalized spacial score (nSPS) is 10.8. The zero-order valence-electron chi connectivity index (χ0n) is 18.0. The first-order valence-corrected chi connectivity index (χ1v) is 10.5. The molecule has 0 aliphatic heterocycles. The highest BCUT2D eigenvalue weighted by Crippen LogP contribution is 2.46. The van der Waals surface area contributed by atoms with E-state index in [0.717, 1.165) is 7.11 Å². The number of hydrogen-bond acceptors (Lipinski definition) is 9. The second kappa shape index (κ2) is 10.1. The maximum atomic E-state index is 13.1. The lowest BCUT2D eigenvalue weighted by Gasteiger charge is -2.20. The molecule has 0 aromatic heterocycles. The van der Waals surface area contributed by atoms with Crippen molar-refractivity contribution in [3.8, 4) is 23.0 Å². The molecule has 11 nitrogen and oxygen atoms in total. The highest BCUT2D eigenvalue weighted by atomic mass is 32.2. The van der Waals surface area contributed by atoms with Crippen molar-refractivity contribution in [1.82, 2.24) is 0 Å². The standard InChI is InChI=1S/C20H23NO10S/c1-11-8-12(6-7-14(11)31-10-16(22)23)32(25,26)21-17-13(20(24)30-5)9-15(27-2)18(28-3)19(17)29-4/h6-9,21H,10H2,1-5H3,(H,22,23). The first-order valence-electron chi connectivity index (χ1n) is 8.98. The van der Waals surface area contributed by atoms with Crippen LogP contribution in [0.3, 0.4) is 0 Å². The molecule has 2 aromatic carbocycles. The molecule has 0 unspecified atom stereocenters. The number of methoxy groups -OCH3 is 4. The Morgan fingerprint density at radius 2 is 1.62 bits per heavy atom. The Balaban J connectivity index is 2.58. The van der Waals surface area contributed by atoms with Gasteiger partial charge < -0.3 is 28.8 Å². The molecular weight excluding hydrogens is 446 g/mol. The smallest absolute Gasteiger partial charge is 0.341 e. The third-order valence-electron chi connectivity index (χ3n) is 4.28. The van der Waals surface area contributed by atoms with Crippen LogP contribution in [0.25, 0.3) is 0 Å². The predicted molar refractivity (Wildman–Crippen MR) is 113 cm³/mol. The molecule has 2 rings (SSSR count). The lowest BCUT2D eigenvalue weighted by molar-refractivity contribution is -0.139. The Kier molecular flexibility index (Phi) is 7.76. The third kappa shape index (κ3) is 5.14. The minimum atomic E-state index is -4.23. The van der Waals surface area contributed by atoms with Gasteiger partial charge in [0.2, 0.25) is 5.75 Å². The molecule has 0 amide bonds. The second-order valence-electron chi connectivity index (χ2n) is 6.27. The van der Waals surface area contributed by atoms with Crippen LogP contribution in [0.15, 0.2) is 29.2 Å². The molecule has 12 heteroatoms. The minimum Gasteiger partial charge on any atom is -0.493 e. The minimum absolute atomic E-state index is 0.0638. The fourth-order valence-electron chi connectivity index (χ4n) is 2.81. The lowest BCUT2D eigenvalue weighted by atomic mass is 10.1. The Bertz CT molecular complexity index is 1130. The summed E-state index contributed by atoms with van der Waals surface area (Å²) in [7, 11) is 0.859. The van der Waals surface area contributed by atoms with E-state index in [1.165, 1.54) is 45.6 Å². The molecule has 0 saturated heterocycles. The Labute approximate surface area is 184 Å². The van der Waals surface area contributed by atoms with Gasteiger partial charge in [0.05, 0.1) is 38.9 Å². The van der Waals surface area contributed by atoms with Gasteiger partial charge in [0.1, 0.15) is 11.4 Å². The summed E-state index contributed by atoms with van der Waals surface area (Å²) in [5, 5.41) is 8.73. The number of anilines is 1. The predicted octanol–water partition coefficient (Wildman–Crippen LogP) is 2.07. The Hall–Kier alpha value is -3.67. The van der Waals surface area contributed by atoms with Crippen LogP contribution in [0.5, 0.6) is 23.0 Å². The van der Waals surface area contributed by atoms with E-state index in [1.54, 1.807) is 6.92 Å². The molecule has 0 fully saturated rings. The summed E-state index contributed by atoms with van der Waals surface area (Å²) in [6, 6.07) is 5.13. The molecule has 32 heavy (non-hydrogen) atoms. The van der Waals surface area contributed by atoms with Crippen molar-refractivity contribution in [1.29, 1.82) is 0 Å². The molecule has 0 aliphatic rings. The van der Waals surface area contributed by atoms with Crippen LogP contribution in [-0.4, -0.2) is 60.5 Å². The SMILES string of the molecule is COC(=O)c1cc(OC)c(OC)c(OC)c1NS(=O)(=O)c1ccc(OCC(=O)O)c(C)c1. The van der Waals surface area contributed by atoms with Crippen LogP contribution in [0.1, 0.15) is 15.9 Å². The summed E-state index contributed by atoms with van der Waals surface area (Å²) in [5.41, 5.74) is 0.0196. The van der Waals surface area contributed by atoms with E-state index >= 15 is 0 Å². The molecule has 0 heterocycles. The van der Waals surface area contributed by atoms with E-state index in [0.29, 0.717) is 5.56 Å². The molecule has 174 valence electrons. The number of carbonyl (C=O) groups is 2. The monoisotopic (exact) mass is 469 g/mol. The third-order valence-corrected chi connectivity index (χ3v) is 5.63. The number of hydrogen-bond donors (Lipinski definition) is 2. The van der Waals surface area contributed by atoms with Gasteiger partial charge in [-0.2, -0.15) is 0 Å². The molecule has 2 aromatic rings. The summed E-state index contributed by atoms with van der Waals surface area (Å²) < 4.78 is 54.2. The van der Waals surface area contributed by atoms with E-state index in [-0.39, 0.29) is 39.1 Å². The molecule has 0 spiro atoms. The van der Waals surface area contributed by atoms with Gasteiger partial charge in [-0.25, -0.2) is 18.0 Å². The van der Waals surface area contributed by atoms with Crippen molar-refractivity contribution < 1.29 is 46.8 Å². The zero-order valence-corrected chi connectivity index (χ0v) is 18.9. The molecule has 0 atom stereocenters. The van der Waals surface area contributed by atoms with Crippen LogP contribution < -0.4 is 23.7 Å². The van der Waals surface area contributed by atoms with Crippen LogP contribution >= 0.6 is 0 Å². The van der Waals surface area contributed by atoms with Crippen LogP contribution in [-0.2, 0) is 19.6 Å². The van der Waals surface area contributed by atoms with Crippen LogP contribution in [0.2, 0.25) is 0 Å². The summed E-state index contributed by atoms with van der Waals surface area (Å²) in [4.78, 5) is 22.9. The lowest BCUT2D eigenvalue weighted by Crippen LogP contribution is -2.18. The molecule has 0 saturated carbocycles. The summed E-state index contributed by atoms with van der Waals surface area (Å²) in [6.45, 7) is 0.990. The Morgan fingerprint density at radius 1 is 0.969 bits per heavy atom. The first-order chi connectivity index (χ1) is 15.1. The van der Waals surface area contributed by atoms with E-state index < -0.39 is 28.6 Å². The van der Waals surface area contributed by atoms with Crippen molar-refractivity contribution in [2.45, 2.75) is 11.8 Å². The van der Waals surface area contributed by atoms with Crippen molar-refractivity contribution in [3.63, 3.8) is 0 Å². The molecule has 0 bridgehead atoms. The zero-order chi connectivity index (χ0) is 24.1. The summed E-state index contributed by atoms with van der Waals surface area (Å²) in [5.74, 6) is -1.69. The van der Waals surface area contributed by atoms with E-state index in [4.69, 9.17) is 28.8 Å². The number of nitrogens with one attached hydrogen (secondary N) is 1. The largest absolute Gasteiger partial charge is 0.493 e. The number of carbonyl (C=O) groups excluding carboxylic acids is 1. The van der Waals surface area contributed by atoms with Gasteiger partial charge in [-0.3, -0.25) is 4.72 Å². The van der Waals surface area contributed by atoms with Gasteiger partial charge in [0.15, 0.2) is 18.1 Å². The average Bonchev–Trinajstić information content (AvgIpc) is 2.76. The van der Waals surface area contributed by atoms with Gasteiger partial charge in [-0.15, -0.1) is 0 Å². The van der Waals surface area contributed by atoms with Crippen LogP contribution in [0, 0.1) is 6.92 Å². The molecule has 0 aliphatic carbocycles. The van der Waals surface area contributed by atoms with Gasteiger partial charge in [0.25, 0.3) is 10.0 Å². The van der Waals surface area contributed by atoms with Gasteiger partial charge >= 0.3 is 11.9 Å². The summed E-state index contributed by atoms with van der Waals surface area (Å²) >= 11 is 0. The van der Waals surface area contributed by atoms with E-state index in [9.17, 15) is 18.0 Å². The van der Waals surface area contributed by atoms with Crippen molar-refractivity contribution in [3.05, 3.63) is 35.4 Å². The van der Waals surface area contributed by atoms with Gasteiger partial charge in [0, 0.05) is 6.07 Å². The highest BCUT2D eigenvalue weighted by molar-refractivity contribution is 7.92. The number of esters is 1. The molecule has 0 radical (unpaired) electrons. The van der Waals surface area contributed by atoms with E-state index in [2.05, 4.69) is 4.72 Å². The fourth-order valence-corrected chi connectivity index (χ4v) is 3.98. The number of sulfonamides is 1. The highest BCUT2D eigenvalue weighted by Gasteiger charge is 2.28. The van der Waals surface area contributed by atoms with Gasteiger partial charge in [-0.1, -0.05) is 0 Å². The topological polar surface area (TPSA) is 147 Å². The number of carboxylic acids is 1. The molecular formula is C20H23NO10S. The number of aliphatic carboxylic acids is 1. The average molecular weight is 469 g/mol. The number of rotatable bonds is 10. The van der Waals surface area contributed by atoms with Gasteiger partial charge in [-0.05, 0) is 30.7 Å². The number of benzene rings is 2. The maximum Gasteiger partial charge on any atom is 0.341 e. The fraction of sp³-hybridized carbons (Fsp3) is 0.300. The maximum absolute atomic E-state index is 13.1. The number of carboxylic acid groups (broad SMARTS) is 1. The second-order valence-corrected chi connectivity index (χ2v) is 7.96. The van der Waals surface area contributed by atoms with Crippen molar-refractivity contribution >= 4 is 27.6 Å². The Morgan fingerprint density at radius 3 is 2.12 bits per heavy atom. The molecule has 2 N–H and O–H groups in total.